The highest BCUT2D eigenvalue weighted by Crippen LogP contribution is 2.07. The molecule has 21 heavy (non-hydrogen) atoms. The van der Waals surface area contributed by atoms with Crippen molar-refractivity contribution in [1.29, 1.82) is 0 Å². The Morgan fingerprint density at radius 1 is 0.905 bits per heavy atom. The van der Waals surface area contributed by atoms with Crippen molar-refractivity contribution in [2.45, 2.75) is 40.2 Å². The molecule has 0 aromatic heterocycles. The van der Waals surface area contributed by atoms with Crippen LogP contribution in [0.4, 0.5) is 0 Å². The molecule has 0 saturated carbocycles. The predicted molar refractivity (Wildman–Crippen MR) is 75.6 cm³/mol. The zero-order valence-corrected chi connectivity index (χ0v) is 13.4. The van der Waals surface area contributed by atoms with Crippen LogP contribution in [-0.2, 0) is 28.6 Å². The Morgan fingerprint density at radius 2 is 1.33 bits per heavy atom. The Balaban J connectivity index is 4.31. The molecular formula is C14H25NO6. The van der Waals surface area contributed by atoms with E-state index in [0.717, 1.165) is 0 Å². The monoisotopic (exact) mass is 303 g/mol. The highest BCUT2D eigenvalue weighted by molar-refractivity contribution is 5.72. The molecule has 0 radical (unpaired) electrons. The minimum atomic E-state index is -0.561. The van der Waals surface area contributed by atoms with E-state index >= 15 is 0 Å². The number of nitrogens with zero attached hydrogens (tertiary/aromatic N) is 1. The van der Waals surface area contributed by atoms with Crippen molar-refractivity contribution >= 4 is 17.9 Å². The number of carbonyl (C=O) groups excluding carboxylic acids is 3. The van der Waals surface area contributed by atoms with Gasteiger partial charge in [0.15, 0.2) is 0 Å². The van der Waals surface area contributed by atoms with Crippen LogP contribution in [0.5, 0.6) is 0 Å². The maximum absolute atomic E-state index is 11.8. The van der Waals surface area contributed by atoms with Gasteiger partial charge in [0, 0.05) is 26.9 Å². The smallest absolute Gasteiger partial charge is 0.320 e. The van der Waals surface area contributed by atoms with Crippen LogP contribution in [0.1, 0.15) is 34.6 Å². The molecule has 0 aromatic carbocycles. The summed E-state index contributed by atoms with van der Waals surface area (Å²) in [6, 6.07) is 0. The normalized spacial score (nSPS) is 11.1. The molecule has 0 rings (SSSR count). The Hall–Kier alpha value is -1.63. The van der Waals surface area contributed by atoms with Gasteiger partial charge < -0.3 is 14.2 Å². The second-order valence-corrected chi connectivity index (χ2v) is 5.54. The summed E-state index contributed by atoms with van der Waals surface area (Å²) in [4.78, 5) is 35.0. The van der Waals surface area contributed by atoms with E-state index in [-0.39, 0.29) is 37.7 Å². The fourth-order valence-electron chi connectivity index (χ4n) is 1.46. The van der Waals surface area contributed by atoms with Crippen LogP contribution >= 0.6 is 0 Å². The maximum atomic E-state index is 11.8. The number of rotatable bonds is 8. The average Bonchev–Trinajstić information content (AvgIpc) is 2.24. The van der Waals surface area contributed by atoms with Crippen LogP contribution < -0.4 is 0 Å². The first kappa shape index (κ1) is 19.4. The summed E-state index contributed by atoms with van der Waals surface area (Å²) in [5.41, 5.74) is -0.561. The molecule has 0 unspecified atom stereocenters. The minimum Gasteiger partial charge on any atom is -0.465 e. The fourth-order valence-corrected chi connectivity index (χ4v) is 1.46. The first-order chi connectivity index (χ1) is 9.60. The molecule has 0 aliphatic rings. The molecule has 0 saturated heterocycles. The molecule has 7 nitrogen and oxygen atoms in total. The summed E-state index contributed by atoms with van der Waals surface area (Å²) in [5.74, 6) is -1.15. The largest absolute Gasteiger partial charge is 0.465 e. The fraction of sp³-hybridized carbons (Fsp3) is 0.786. The number of ether oxygens (including phenoxy) is 3. The standard InChI is InChI=1S/C14H25NO6/c1-11(16)19-8-6-15(7-9-20-12(2)17)10-13(18)21-14(3,4)5/h6-10H2,1-5H3. The van der Waals surface area contributed by atoms with Crippen LogP contribution in [0.15, 0.2) is 0 Å². The summed E-state index contributed by atoms with van der Waals surface area (Å²) < 4.78 is 14.9. The van der Waals surface area contributed by atoms with Gasteiger partial charge in [-0.25, -0.2) is 0 Å². The molecule has 0 aliphatic heterocycles. The van der Waals surface area contributed by atoms with Gasteiger partial charge in [-0.05, 0) is 20.8 Å². The topological polar surface area (TPSA) is 82.1 Å². The van der Waals surface area contributed by atoms with Gasteiger partial charge in [-0.2, -0.15) is 0 Å². The maximum Gasteiger partial charge on any atom is 0.320 e. The summed E-state index contributed by atoms with van der Waals surface area (Å²) in [7, 11) is 0. The van der Waals surface area contributed by atoms with Crippen LogP contribution in [0.25, 0.3) is 0 Å². The quantitative estimate of drug-likeness (QED) is 0.483. The van der Waals surface area contributed by atoms with Crippen LogP contribution in [-0.4, -0.2) is 61.3 Å². The average molecular weight is 303 g/mol. The Kier molecular flexibility index (Phi) is 8.61. The van der Waals surface area contributed by atoms with E-state index in [4.69, 9.17) is 14.2 Å². The van der Waals surface area contributed by atoms with Crippen molar-refractivity contribution in [3.8, 4) is 0 Å². The summed E-state index contributed by atoms with van der Waals surface area (Å²) in [5, 5.41) is 0. The second kappa shape index (κ2) is 9.33. The van der Waals surface area contributed by atoms with Gasteiger partial charge in [-0.1, -0.05) is 0 Å². The second-order valence-electron chi connectivity index (χ2n) is 5.54. The number of esters is 3. The Labute approximate surface area is 125 Å². The third kappa shape index (κ3) is 13.1. The van der Waals surface area contributed by atoms with E-state index in [1.165, 1.54) is 13.8 Å². The molecule has 0 atom stereocenters. The van der Waals surface area contributed by atoms with Gasteiger partial charge in [0.1, 0.15) is 18.8 Å². The Morgan fingerprint density at radius 3 is 1.67 bits per heavy atom. The molecule has 122 valence electrons. The van der Waals surface area contributed by atoms with E-state index in [9.17, 15) is 14.4 Å². The van der Waals surface area contributed by atoms with Crippen molar-refractivity contribution in [1.82, 2.24) is 4.90 Å². The minimum absolute atomic E-state index is 0.0415. The first-order valence-electron chi connectivity index (χ1n) is 6.81. The van der Waals surface area contributed by atoms with Crippen molar-refractivity contribution < 1.29 is 28.6 Å². The van der Waals surface area contributed by atoms with Gasteiger partial charge in [0.2, 0.25) is 0 Å². The summed E-state index contributed by atoms with van der Waals surface area (Å²) in [6.07, 6.45) is 0. The van der Waals surface area contributed by atoms with Crippen LogP contribution in [0.3, 0.4) is 0 Å². The van der Waals surface area contributed by atoms with Crippen molar-refractivity contribution in [3.63, 3.8) is 0 Å². The van der Waals surface area contributed by atoms with Gasteiger partial charge in [-0.15, -0.1) is 0 Å². The van der Waals surface area contributed by atoms with Gasteiger partial charge in [0.25, 0.3) is 0 Å². The van der Waals surface area contributed by atoms with E-state index in [2.05, 4.69) is 0 Å². The van der Waals surface area contributed by atoms with Gasteiger partial charge in [-0.3, -0.25) is 19.3 Å². The SMILES string of the molecule is CC(=O)OCCN(CCOC(C)=O)CC(=O)OC(C)(C)C. The highest BCUT2D eigenvalue weighted by atomic mass is 16.6. The summed E-state index contributed by atoms with van der Waals surface area (Å²) >= 11 is 0. The van der Waals surface area contributed by atoms with E-state index in [1.54, 1.807) is 25.7 Å². The number of hydrogen-bond donors (Lipinski definition) is 0. The number of hydrogen-bond acceptors (Lipinski definition) is 7. The molecule has 0 spiro atoms. The third-order valence-corrected chi connectivity index (χ3v) is 2.20. The van der Waals surface area contributed by atoms with E-state index in [1.807, 2.05) is 0 Å². The first-order valence-corrected chi connectivity index (χ1v) is 6.81. The molecule has 0 aliphatic carbocycles. The van der Waals surface area contributed by atoms with Gasteiger partial charge in [0.05, 0.1) is 6.54 Å². The zero-order valence-electron chi connectivity index (χ0n) is 13.4. The third-order valence-electron chi connectivity index (χ3n) is 2.20. The molecule has 0 amide bonds. The highest BCUT2D eigenvalue weighted by Gasteiger charge is 2.19. The molecule has 0 bridgehead atoms. The molecule has 0 fully saturated rings. The van der Waals surface area contributed by atoms with Crippen LogP contribution in [0, 0.1) is 0 Å². The zero-order chi connectivity index (χ0) is 16.5. The number of carbonyl (C=O) groups is 3. The van der Waals surface area contributed by atoms with Gasteiger partial charge >= 0.3 is 17.9 Å². The summed E-state index contributed by atoms with van der Waals surface area (Å²) in [6.45, 7) is 9.08. The van der Waals surface area contributed by atoms with Crippen molar-refractivity contribution in [3.05, 3.63) is 0 Å². The van der Waals surface area contributed by atoms with Crippen molar-refractivity contribution in [2.75, 3.05) is 32.8 Å². The molecule has 0 heterocycles. The Bertz CT molecular complexity index is 341. The lowest BCUT2D eigenvalue weighted by atomic mass is 10.2. The lowest BCUT2D eigenvalue weighted by Crippen LogP contribution is -2.38. The molecule has 7 heteroatoms. The molecule has 0 N–H and O–H groups in total. The lowest BCUT2D eigenvalue weighted by molar-refractivity contribution is -0.156. The lowest BCUT2D eigenvalue weighted by Gasteiger charge is -2.24. The van der Waals surface area contributed by atoms with E-state index in [0.29, 0.717) is 13.1 Å². The molecule has 0 aromatic rings. The van der Waals surface area contributed by atoms with E-state index < -0.39 is 5.60 Å². The van der Waals surface area contributed by atoms with Crippen molar-refractivity contribution in [2.24, 2.45) is 0 Å². The van der Waals surface area contributed by atoms with Crippen LogP contribution in [0.2, 0.25) is 0 Å². The molecular weight excluding hydrogens is 278 g/mol. The predicted octanol–water partition coefficient (Wildman–Crippen LogP) is 0.756.